The van der Waals surface area contributed by atoms with Crippen molar-refractivity contribution in [1.82, 2.24) is 5.32 Å². The van der Waals surface area contributed by atoms with E-state index < -0.39 is 11.9 Å². The minimum Gasteiger partial charge on any atom is -0.368 e. The number of amides is 2. The molecule has 4 heteroatoms. The molecule has 1 aliphatic carbocycles. The van der Waals surface area contributed by atoms with Gasteiger partial charge in [-0.2, -0.15) is 0 Å². The highest BCUT2D eigenvalue weighted by molar-refractivity contribution is 5.86. The molecule has 114 valence electrons. The van der Waals surface area contributed by atoms with Crippen molar-refractivity contribution in [2.75, 3.05) is 0 Å². The Morgan fingerprint density at radius 1 is 1.19 bits per heavy atom. The smallest absolute Gasteiger partial charge is 0.240 e. The minimum absolute atomic E-state index is 0.0679. The molecule has 0 bridgehead atoms. The van der Waals surface area contributed by atoms with Gasteiger partial charge in [0.1, 0.15) is 6.04 Å². The summed E-state index contributed by atoms with van der Waals surface area (Å²) in [4.78, 5) is 23.5. The van der Waals surface area contributed by atoms with E-state index in [-0.39, 0.29) is 5.91 Å². The number of carbonyl (C=O) groups excluding carboxylic acids is 2. The first-order valence-corrected chi connectivity index (χ1v) is 7.78. The summed E-state index contributed by atoms with van der Waals surface area (Å²) in [7, 11) is 0. The molecule has 1 aromatic rings. The van der Waals surface area contributed by atoms with E-state index in [0.717, 1.165) is 12.0 Å². The fourth-order valence-electron chi connectivity index (χ4n) is 2.97. The summed E-state index contributed by atoms with van der Waals surface area (Å²) in [6.07, 6.45) is 6.89. The van der Waals surface area contributed by atoms with E-state index in [2.05, 4.69) is 5.32 Å². The lowest BCUT2D eigenvalue weighted by atomic mass is 10.0. The first-order valence-electron chi connectivity index (χ1n) is 7.78. The van der Waals surface area contributed by atoms with Crippen molar-refractivity contribution in [3.63, 3.8) is 0 Å². The maximum atomic E-state index is 12.0. The SMILES string of the molecule is NC(=O)C(Cc1ccccc1)NC(=O)CCC1CCCC1. The third-order valence-electron chi connectivity index (χ3n) is 4.22. The van der Waals surface area contributed by atoms with Crippen LogP contribution in [0.2, 0.25) is 0 Å². The second-order valence-electron chi connectivity index (χ2n) is 5.90. The van der Waals surface area contributed by atoms with E-state index in [1.807, 2.05) is 30.3 Å². The van der Waals surface area contributed by atoms with Gasteiger partial charge in [0.15, 0.2) is 0 Å². The van der Waals surface area contributed by atoms with Crippen LogP contribution in [0.4, 0.5) is 0 Å². The van der Waals surface area contributed by atoms with Crippen molar-refractivity contribution in [3.8, 4) is 0 Å². The van der Waals surface area contributed by atoms with Crippen molar-refractivity contribution >= 4 is 11.8 Å². The summed E-state index contributed by atoms with van der Waals surface area (Å²) in [6, 6.07) is 8.98. The molecule has 0 saturated heterocycles. The van der Waals surface area contributed by atoms with Gasteiger partial charge < -0.3 is 11.1 Å². The molecule has 2 rings (SSSR count). The zero-order valence-electron chi connectivity index (χ0n) is 12.4. The Labute approximate surface area is 126 Å². The van der Waals surface area contributed by atoms with E-state index in [1.54, 1.807) is 0 Å². The van der Waals surface area contributed by atoms with E-state index in [1.165, 1.54) is 25.7 Å². The summed E-state index contributed by atoms with van der Waals surface area (Å²) in [5, 5.41) is 2.78. The second kappa shape index (κ2) is 7.81. The summed E-state index contributed by atoms with van der Waals surface area (Å²) in [5.74, 6) is 0.131. The highest BCUT2D eigenvalue weighted by Crippen LogP contribution is 2.28. The molecule has 1 saturated carbocycles. The van der Waals surface area contributed by atoms with Gasteiger partial charge in [0, 0.05) is 12.8 Å². The second-order valence-corrected chi connectivity index (χ2v) is 5.90. The molecule has 0 spiro atoms. The van der Waals surface area contributed by atoms with Crippen LogP contribution in [0, 0.1) is 5.92 Å². The first-order chi connectivity index (χ1) is 10.1. The lowest BCUT2D eigenvalue weighted by molar-refractivity contribution is -0.127. The van der Waals surface area contributed by atoms with Gasteiger partial charge in [-0.25, -0.2) is 0 Å². The van der Waals surface area contributed by atoms with E-state index in [9.17, 15) is 9.59 Å². The van der Waals surface area contributed by atoms with Gasteiger partial charge >= 0.3 is 0 Å². The molecule has 4 nitrogen and oxygen atoms in total. The maximum absolute atomic E-state index is 12.0. The van der Waals surface area contributed by atoms with Crippen LogP contribution < -0.4 is 11.1 Å². The van der Waals surface area contributed by atoms with Gasteiger partial charge in [0.25, 0.3) is 0 Å². The molecule has 0 aliphatic heterocycles. The zero-order valence-corrected chi connectivity index (χ0v) is 12.4. The van der Waals surface area contributed by atoms with Crippen molar-refractivity contribution in [1.29, 1.82) is 0 Å². The van der Waals surface area contributed by atoms with Crippen LogP contribution in [0.15, 0.2) is 30.3 Å². The number of rotatable bonds is 7. The average Bonchev–Trinajstić information content (AvgIpc) is 2.99. The standard InChI is InChI=1S/C17H24N2O2/c18-17(21)15(12-14-8-2-1-3-9-14)19-16(20)11-10-13-6-4-5-7-13/h1-3,8-9,13,15H,4-7,10-12H2,(H2,18,21)(H,19,20). The topological polar surface area (TPSA) is 72.2 Å². The lowest BCUT2D eigenvalue weighted by Gasteiger charge is -2.16. The molecule has 1 fully saturated rings. The number of primary amides is 1. The summed E-state index contributed by atoms with van der Waals surface area (Å²) in [5.41, 5.74) is 6.40. The fraction of sp³-hybridized carbons (Fsp3) is 0.529. The van der Waals surface area contributed by atoms with Crippen molar-refractivity contribution in [2.24, 2.45) is 11.7 Å². The van der Waals surface area contributed by atoms with Crippen molar-refractivity contribution in [3.05, 3.63) is 35.9 Å². The summed E-state index contributed by atoms with van der Waals surface area (Å²) < 4.78 is 0. The van der Waals surface area contributed by atoms with Crippen molar-refractivity contribution < 1.29 is 9.59 Å². The minimum atomic E-state index is -0.622. The summed E-state index contributed by atoms with van der Waals surface area (Å²) >= 11 is 0. The van der Waals surface area contributed by atoms with Gasteiger partial charge in [0.2, 0.25) is 11.8 Å². The molecule has 3 N–H and O–H groups in total. The van der Waals surface area contributed by atoms with Crippen molar-refractivity contribution in [2.45, 2.75) is 51.0 Å². The Bertz CT molecular complexity index is 467. The fourth-order valence-corrected chi connectivity index (χ4v) is 2.97. The highest BCUT2D eigenvalue weighted by atomic mass is 16.2. The van der Waals surface area contributed by atoms with Gasteiger partial charge in [-0.15, -0.1) is 0 Å². The molecule has 2 amide bonds. The number of hydrogen-bond acceptors (Lipinski definition) is 2. The third kappa shape index (κ3) is 5.21. The number of hydrogen-bond donors (Lipinski definition) is 2. The third-order valence-corrected chi connectivity index (χ3v) is 4.22. The van der Waals surface area contributed by atoms with Crippen LogP contribution in [-0.4, -0.2) is 17.9 Å². The van der Waals surface area contributed by atoms with Gasteiger partial charge in [-0.05, 0) is 17.9 Å². The van der Waals surface area contributed by atoms with Crippen LogP contribution in [-0.2, 0) is 16.0 Å². The normalized spacial score (nSPS) is 16.6. The van der Waals surface area contributed by atoms with Crippen LogP contribution in [0.25, 0.3) is 0 Å². The van der Waals surface area contributed by atoms with Gasteiger partial charge in [0.05, 0.1) is 0 Å². The molecule has 1 unspecified atom stereocenters. The molecular weight excluding hydrogens is 264 g/mol. The molecule has 0 heterocycles. The van der Waals surface area contributed by atoms with E-state index >= 15 is 0 Å². The number of carbonyl (C=O) groups is 2. The molecule has 0 radical (unpaired) electrons. The quantitative estimate of drug-likeness (QED) is 0.807. The maximum Gasteiger partial charge on any atom is 0.240 e. The van der Waals surface area contributed by atoms with E-state index in [4.69, 9.17) is 5.73 Å². The zero-order chi connectivity index (χ0) is 15.1. The summed E-state index contributed by atoms with van der Waals surface area (Å²) in [6.45, 7) is 0. The Hall–Kier alpha value is -1.84. The van der Waals surface area contributed by atoms with Crippen LogP contribution in [0.3, 0.4) is 0 Å². The number of nitrogens with one attached hydrogen (secondary N) is 1. The Balaban J connectivity index is 1.81. The Morgan fingerprint density at radius 2 is 1.86 bits per heavy atom. The molecule has 0 aromatic heterocycles. The number of benzene rings is 1. The first kappa shape index (κ1) is 15.5. The monoisotopic (exact) mass is 288 g/mol. The highest BCUT2D eigenvalue weighted by Gasteiger charge is 2.20. The van der Waals surface area contributed by atoms with Gasteiger partial charge in [-0.3, -0.25) is 9.59 Å². The Morgan fingerprint density at radius 3 is 2.48 bits per heavy atom. The molecule has 21 heavy (non-hydrogen) atoms. The predicted octanol–water partition coefficient (Wildman–Crippen LogP) is 2.17. The Kier molecular flexibility index (Phi) is 5.78. The van der Waals surface area contributed by atoms with E-state index in [0.29, 0.717) is 18.8 Å². The largest absolute Gasteiger partial charge is 0.368 e. The molecule has 1 aliphatic rings. The number of nitrogens with two attached hydrogens (primary N) is 1. The van der Waals surface area contributed by atoms with Crippen LogP contribution in [0.5, 0.6) is 0 Å². The van der Waals surface area contributed by atoms with Crippen LogP contribution in [0.1, 0.15) is 44.1 Å². The molecule has 1 aromatic carbocycles. The molecule has 1 atom stereocenters. The van der Waals surface area contributed by atoms with Crippen LogP contribution >= 0.6 is 0 Å². The molecular formula is C17H24N2O2. The lowest BCUT2D eigenvalue weighted by Crippen LogP contribution is -2.45. The predicted molar refractivity (Wildman–Crippen MR) is 82.5 cm³/mol. The van der Waals surface area contributed by atoms with Gasteiger partial charge in [-0.1, -0.05) is 56.0 Å². The average molecular weight is 288 g/mol.